The molecule has 0 unspecified atom stereocenters. The molecule has 0 saturated carbocycles. The molecule has 0 spiro atoms. The molecule has 0 radical (unpaired) electrons. The van der Waals surface area contributed by atoms with Crippen molar-refractivity contribution in [3.05, 3.63) is 51.2 Å². The van der Waals surface area contributed by atoms with Crippen LogP contribution in [0.3, 0.4) is 0 Å². The quantitative estimate of drug-likeness (QED) is 0.543. The van der Waals surface area contributed by atoms with E-state index in [1.807, 2.05) is 28.2 Å². The number of rotatable bonds is 7. The maximum atomic E-state index is 5.80. The average molecular weight is 416 g/mol. The van der Waals surface area contributed by atoms with Crippen molar-refractivity contribution in [1.29, 1.82) is 0 Å². The van der Waals surface area contributed by atoms with Gasteiger partial charge in [-0.2, -0.15) is 5.10 Å². The van der Waals surface area contributed by atoms with E-state index in [1.165, 1.54) is 10.4 Å². The summed E-state index contributed by atoms with van der Waals surface area (Å²) in [5.74, 6) is 0.866. The molecule has 0 fully saturated rings. The minimum Gasteiger partial charge on any atom is -0.383 e. The van der Waals surface area contributed by atoms with Crippen molar-refractivity contribution in [2.45, 2.75) is 39.0 Å². The number of aromatic nitrogens is 4. The molecule has 0 bridgehead atoms. The number of ether oxygens (including phenoxy) is 1. The fourth-order valence-corrected chi connectivity index (χ4v) is 5.10. The molecule has 28 heavy (non-hydrogen) atoms. The number of hydrogen-bond acceptors (Lipinski definition) is 6. The first-order valence-corrected chi connectivity index (χ1v) is 10.9. The molecule has 6 nitrogen and oxygen atoms in total. The molecule has 148 valence electrons. The van der Waals surface area contributed by atoms with Gasteiger partial charge in [-0.25, -0.2) is 4.68 Å². The van der Waals surface area contributed by atoms with Gasteiger partial charge in [-0.15, -0.1) is 11.3 Å². The molecule has 1 atom stereocenters. The Bertz CT molecular complexity index is 978. The fraction of sp³-hybridized carbons (Fsp3) is 0.450. The molecule has 1 aliphatic rings. The van der Waals surface area contributed by atoms with Crippen LogP contribution in [0.4, 0.5) is 0 Å². The van der Waals surface area contributed by atoms with Gasteiger partial charge in [-0.3, -0.25) is 14.5 Å². The second kappa shape index (κ2) is 8.65. The Morgan fingerprint density at radius 2 is 2.11 bits per heavy atom. The maximum absolute atomic E-state index is 5.80. The van der Waals surface area contributed by atoms with Crippen LogP contribution in [0.1, 0.15) is 29.8 Å². The summed E-state index contributed by atoms with van der Waals surface area (Å²) in [6.45, 7) is 5.26. The van der Waals surface area contributed by atoms with Gasteiger partial charge in [0.05, 0.1) is 19.8 Å². The number of thiophene rings is 1. The second-order valence-electron chi connectivity index (χ2n) is 6.91. The van der Waals surface area contributed by atoms with Crippen LogP contribution in [0.2, 0.25) is 0 Å². The van der Waals surface area contributed by atoms with Crippen molar-refractivity contribution in [1.82, 2.24) is 24.2 Å². The number of fused-ring (bicyclic) bond motifs is 1. The van der Waals surface area contributed by atoms with Gasteiger partial charge in [0.25, 0.3) is 0 Å². The molecule has 4 heterocycles. The molecular weight excluding hydrogens is 390 g/mol. The Morgan fingerprint density at radius 1 is 1.29 bits per heavy atom. The van der Waals surface area contributed by atoms with E-state index in [0.717, 1.165) is 35.5 Å². The van der Waals surface area contributed by atoms with Crippen molar-refractivity contribution in [2.75, 3.05) is 20.3 Å². The molecule has 8 heteroatoms. The molecule has 0 amide bonds. The second-order valence-corrected chi connectivity index (χ2v) is 8.28. The SMILES string of the molecule is CC[C@@H]1c2ccsc2CCN1Cn1nc(-c2ccncc2)n(CCOC)c1=S. The minimum atomic E-state index is 0.422. The third-order valence-electron chi connectivity index (χ3n) is 5.29. The Kier molecular flexibility index (Phi) is 6.01. The summed E-state index contributed by atoms with van der Waals surface area (Å²) in [5, 5.41) is 7.10. The van der Waals surface area contributed by atoms with Gasteiger partial charge in [-0.1, -0.05) is 6.92 Å². The fourth-order valence-electron chi connectivity index (χ4n) is 3.90. The van der Waals surface area contributed by atoms with E-state index in [9.17, 15) is 0 Å². The summed E-state index contributed by atoms with van der Waals surface area (Å²) in [7, 11) is 1.71. The van der Waals surface area contributed by atoms with E-state index < -0.39 is 0 Å². The van der Waals surface area contributed by atoms with E-state index in [0.29, 0.717) is 25.9 Å². The third-order valence-corrected chi connectivity index (χ3v) is 6.72. The summed E-state index contributed by atoms with van der Waals surface area (Å²) >= 11 is 7.67. The Hall–Kier alpha value is -1.87. The van der Waals surface area contributed by atoms with Crippen LogP contribution in [0.5, 0.6) is 0 Å². The lowest BCUT2D eigenvalue weighted by Crippen LogP contribution is -2.36. The van der Waals surface area contributed by atoms with E-state index >= 15 is 0 Å². The zero-order valence-corrected chi connectivity index (χ0v) is 17.9. The van der Waals surface area contributed by atoms with Gasteiger partial charge in [0.2, 0.25) is 0 Å². The highest BCUT2D eigenvalue weighted by atomic mass is 32.1. The van der Waals surface area contributed by atoms with Crippen molar-refractivity contribution >= 4 is 23.6 Å². The molecule has 4 rings (SSSR count). The largest absolute Gasteiger partial charge is 0.383 e. The van der Waals surface area contributed by atoms with Crippen LogP contribution in [0.25, 0.3) is 11.4 Å². The highest BCUT2D eigenvalue weighted by Crippen LogP contribution is 2.35. The van der Waals surface area contributed by atoms with Crippen LogP contribution in [-0.4, -0.2) is 44.5 Å². The van der Waals surface area contributed by atoms with Crippen molar-refractivity contribution in [3.8, 4) is 11.4 Å². The van der Waals surface area contributed by atoms with Crippen molar-refractivity contribution in [2.24, 2.45) is 0 Å². The number of methoxy groups -OCH3 is 1. The minimum absolute atomic E-state index is 0.422. The summed E-state index contributed by atoms with van der Waals surface area (Å²) < 4.78 is 10.0. The van der Waals surface area contributed by atoms with Crippen LogP contribution in [0, 0.1) is 4.77 Å². The average Bonchev–Trinajstić information content (AvgIpc) is 3.32. The first kappa shape index (κ1) is 19.4. The highest BCUT2D eigenvalue weighted by molar-refractivity contribution is 7.71. The smallest absolute Gasteiger partial charge is 0.199 e. The Morgan fingerprint density at radius 3 is 2.86 bits per heavy atom. The molecular formula is C20H25N5OS2. The molecule has 0 aliphatic carbocycles. The van der Waals surface area contributed by atoms with Gasteiger partial charge < -0.3 is 4.74 Å². The topological polar surface area (TPSA) is 48.1 Å². The first-order chi connectivity index (χ1) is 13.7. The van der Waals surface area contributed by atoms with E-state index in [4.69, 9.17) is 22.1 Å². The lowest BCUT2D eigenvalue weighted by molar-refractivity contribution is 0.129. The van der Waals surface area contributed by atoms with Gasteiger partial charge in [0, 0.05) is 42.5 Å². The highest BCUT2D eigenvalue weighted by Gasteiger charge is 2.28. The zero-order chi connectivity index (χ0) is 19.5. The standard InChI is InChI=1S/C20H25N5OS2/c1-3-17-16-7-13-28-18(16)6-10-23(17)14-25-20(27)24(11-12-26-2)19(22-25)15-4-8-21-9-5-15/h4-5,7-9,13,17H,3,6,10-12,14H2,1-2H3/t17-/m1/s1. The molecule has 3 aromatic heterocycles. The van der Waals surface area contributed by atoms with Gasteiger partial charge >= 0.3 is 0 Å². The van der Waals surface area contributed by atoms with E-state index in [1.54, 1.807) is 19.5 Å². The number of pyridine rings is 1. The Labute approximate surface area is 174 Å². The molecule has 0 saturated heterocycles. The monoisotopic (exact) mass is 415 g/mol. The zero-order valence-electron chi connectivity index (χ0n) is 16.2. The predicted molar refractivity (Wildman–Crippen MR) is 114 cm³/mol. The van der Waals surface area contributed by atoms with E-state index in [-0.39, 0.29) is 0 Å². The Balaban J connectivity index is 1.67. The summed E-state index contributed by atoms with van der Waals surface area (Å²) in [6.07, 6.45) is 5.75. The molecule has 0 N–H and O–H groups in total. The molecule has 0 aromatic carbocycles. The van der Waals surface area contributed by atoms with Crippen LogP contribution < -0.4 is 0 Å². The van der Waals surface area contributed by atoms with Gasteiger partial charge in [0.1, 0.15) is 0 Å². The summed E-state index contributed by atoms with van der Waals surface area (Å²) in [4.78, 5) is 8.14. The third kappa shape index (κ3) is 3.69. The normalized spacial score (nSPS) is 17.0. The van der Waals surface area contributed by atoms with Gasteiger partial charge in [-0.05, 0) is 54.2 Å². The van der Waals surface area contributed by atoms with Crippen LogP contribution in [-0.2, 0) is 24.4 Å². The lowest BCUT2D eigenvalue weighted by atomic mass is 9.98. The summed E-state index contributed by atoms with van der Waals surface area (Å²) in [5.41, 5.74) is 2.49. The van der Waals surface area contributed by atoms with Crippen molar-refractivity contribution in [3.63, 3.8) is 0 Å². The number of hydrogen-bond donors (Lipinski definition) is 0. The van der Waals surface area contributed by atoms with Crippen LogP contribution in [0.15, 0.2) is 36.0 Å². The van der Waals surface area contributed by atoms with E-state index in [2.05, 4.69) is 32.8 Å². The van der Waals surface area contributed by atoms with Crippen molar-refractivity contribution < 1.29 is 4.74 Å². The van der Waals surface area contributed by atoms with Crippen LogP contribution >= 0.6 is 23.6 Å². The lowest BCUT2D eigenvalue weighted by Gasteiger charge is -2.35. The predicted octanol–water partition coefficient (Wildman–Crippen LogP) is 4.15. The first-order valence-electron chi connectivity index (χ1n) is 9.60. The summed E-state index contributed by atoms with van der Waals surface area (Å²) in [6, 6.07) is 6.64. The van der Waals surface area contributed by atoms with Gasteiger partial charge in [0.15, 0.2) is 10.6 Å². The molecule has 1 aliphatic heterocycles. The number of nitrogens with zero attached hydrogens (tertiary/aromatic N) is 5. The molecule has 3 aromatic rings. The maximum Gasteiger partial charge on any atom is 0.199 e.